The van der Waals surface area contributed by atoms with Crippen molar-refractivity contribution < 1.29 is 14.3 Å². The fourth-order valence-corrected chi connectivity index (χ4v) is 5.42. The Morgan fingerprint density at radius 3 is 2.48 bits per heavy atom. The second kappa shape index (κ2) is 9.83. The number of carbonyl (C=O) groups excluding carboxylic acids is 2. The van der Waals surface area contributed by atoms with Gasteiger partial charge in [-0.25, -0.2) is 0 Å². The number of fused-ring (bicyclic) bond motifs is 1. The number of ether oxygens (including phenoxy) is 1. The van der Waals surface area contributed by atoms with Crippen LogP contribution in [0.1, 0.15) is 56.2 Å². The first-order valence-corrected chi connectivity index (χ1v) is 12.0. The normalized spacial score (nSPS) is 17.4. The van der Waals surface area contributed by atoms with Crippen LogP contribution in [-0.2, 0) is 12.8 Å². The number of hydrogen-bond acceptors (Lipinski definition) is 5. The van der Waals surface area contributed by atoms with Gasteiger partial charge in [-0.1, -0.05) is 12.8 Å². The Kier molecular flexibility index (Phi) is 6.92. The Morgan fingerprint density at radius 2 is 1.74 bits per heavy atom. The Hall–Kier alpha value is -2.38. The van der Waals surface area contributed by atoms with E-state index in [1.807, 2.05) is 11.0 Å². The minimum absolute atomic E-state index is 0.00894. The smallest absolute Gasteiger partial charge is 0.265 e. The number of rotatable bonds is 4. The van der Waals surface area contributed by atoms with E-state index in [9.17, 15) is 9.59 Å². The lowest BCUT2D eigenvalue weighted by atomic mass is 10.00. The van der Waals surface area contributed by atoms with E-state index in [1.54, 1.807) is 36.6 Å². The van der Waals surface area contributed by atoms with Crippen molar-refractivity contribution in [2.45, 2.75) is 38.5 Å². The second-order valence-corrected chi connectivity index (χ2v) is 9.57. The van der Waals surface area contributed by atoms with Gasteiger partial charge in [-0.05, 0) is 62.6 Å². The average Bonchev–Trinajstić information content (AvgIpc) is 3.15. The van der Waals surface area contributed by atoms with Gasteiger partial charge in [-0.2, -0.15) is 0 Å². The summed E-state index contributed by atoms with van der Waals surface area (Å²) in [6.45, 7) is 3.16. The highest BCUT2D eigenvalue weighted by Crippen LogP contribution is 2.31. The number of thiophene rings is 1. The molecule has 0 atom stereocenters. The van der Waals surface area contributed by atoms with E-state index in [2.05, 4.69) is 17.3 Å². The zero-order valence-corrected chi connectivity index (χ0v) is 19.2. The van der Waals surface area contributed by atoms with Crippen molar-refractivity contribution >= 4 is 28.8 Å². The molecule has 2 aromatic rings. The monoisotopic (exact) mass is 441 g/mol. The highest BCUT2D eigenvalue weighted by atomic mass is 32.1. The van der Waals surface area contributed by atoms with Crippen LogP contribution in [0.2, 0.25) is 0 Å². The first-order chi connectivity index (χ1) is 15.0. The molecule has 166 valence electrons. The largest absolute Gasteiger partial charge is 0.495 e. The molecule has 0 saturated carbocycles. The van der Waals surface area contributed by atoms with Gasteiger partial charge >= 0.3 is 0 Å². The molecule has 2 aliphatic rings. The van der Waals surface area contributed by atoms with E-state index < -0.39 is 0 Å². The van der Waals surface area contributed by atoms with E-state index in [4.69, 9.17) is 4.74 Å². The Morgan fingerprint density at radius 1 is 1.00 bits per heavy atom. The highest BCUT2D eigenvalue weighted by Gasteiger charge is 2.22. The summed E-state index contributed by atoms with van der Waals surface area (Å²) in [4.78, 5) is 32.2. The van der Waals surface area contributed by atoms with Crippen LogP contribution in [0.25, 0.3) is 0 Å². The van der Waals surface area contributed by atoms with Crippen LogP contribution in [0.4, 0.5) is 5.69 Å². The lowest BCUT2D eigenvalue weighted by Crippen LogP contribution is -2.47. The maximum absolute atomic E-state index is 13.0. The van der Waals surface area contributed by atoms with Gasteiger partial charge in [0.15, 0.2) is 0 Å². The number of nitrogens with zero attached hydrogens (tertiary/aromatic N) is 2. The summed E-state index contributed by atoms with van der Waals surface area (Å²) in [6, 6.07) is 7.31. The highest BCUT2D eigenvalue weighted by molar-refractivity contribution is 7.14. The number of carbonyl (C=O) groups is 2. The molecule has 7 heteroatoms. The predicted octanol–water partition coefficient (Wildman–Crippen LogP) is 4.06. The SMILES string of the molecule is COc1ccc(C(=O)N2CCN(C)CC2)cc1NC(=O)c1cc2c(s1)CCCCCC2. The van der Waals surface area contributed by atoms with Gasteiger partial charge in [0.2, 0.25) is 0 Å². The van der Waals surface area contributed by atoms with Crippen LogP contribution in [-0.4, -0.2) is 62.0 Å². The molecule has 1 fully saturated rings. The van der Waals surface area contributed by atoms with Crippen molar-refractivity contribution in [3.05, 3.63) is 45.1 Å². The third kappa shape index (κ3) is 5.10. The molecule has 1 aliphatic carbocycles. The molecule has 1 saturated heterocycles. The van der Waals surface area contributed by atoms with Crippen LogP contribution < -0.4 is 10.1 Å². The van der Waals surface area contributed by atoms with Crippen LogP contribution >= 0.6 is 11.3 Å². The summed E-state index contributed by atoms with van der Waals surface area (Å²) in [7, 11) is 3.64. The molecule has 0 spiro atoms. The van der Waals surface area contributed by atoms with E-state index in [1.165, 1.54) is 36.1 Å². The van der Waals surface area contributed by atoms with Gasteiger partial charge in [0.25, 0.3) is 11.8 Å². The number of hydrogen-bond donors (Lipinski definition) is 1. The summed E-state index contributed by atoms with van der Waals surface area (Å²) >= 11 is 1.60. The third-order valence-electron chi connectivity index (χ3n) is 6.21. The average molecular weight is 442 g/mol. The van der Waals surface area contributed by atoms with Crippen molar-refractivity contribution in [2.24, 2.45) is 0 Å². The molecule has 0 bridgehead atoms. The lowest BCUT2D eigenvalue weighted by Gasteiger charge is -2.32. The van der Waals surface area contributed by atoms with Crippen molar-refractivity contribution in [1.82, 2.24) is 9.80 Å². The Labute approximate surface area is 188 Å². The fraction of sp³-hybridized carbons (Fsp3) is 0.500. The molecule has 2 amide bonds. The third-order valence-corrected chi connectivity index (χ3v) is 7.44. The fourth-order valence-electron chi connectivity index (χ4n) is 4.27. The maximum Gasteiger partial charge on any atom is 0.265 e. The van der Waals surface area contributed by atoms with E-state index in [0.717, 1.165) is 30.8 Å². The Balaban J connectivity index is 1.52. The summed E-state index contributed by atoms with van der Waals surface area (Å²) in [5, 5.41) is 2.99. The Bertz CT molecular complexity index is 922. The number of methoxy groups -OCH3 is 1. The molecule has 6 nitrogen and oxygen atoms in total. The van der Waals surface area contributed by atoms with E-state index in [-0.39, 0.29) is 11.8 Å². The second-order valence-electron chi connectivity index (χ2n) is 8.44. The molecule has 1 N–H and O–H groups in total. The molecule has 1 aliphatic heterocycles. The molecule has 1 aromatic carbocycles. The molecule has 31 heavy (non-hydrogen) atoms. The zero-order chi connectivity index (χ0) is 21.8. The number of anilines is 1. The topological polar surface area (TPSA) is 61.9 Å². The van der Waals surface area contributed by atoms with Crippen molar-refractivity contribution in [2.75, 3.05) is 45.7 Å². The van der Waals surface area contributed by atoms with Gasteiger partial charge in [0.05, 0.1) is 17.7 Å². The van der Waals surface area contributed by atoms with Crippen molar-refractivity contribution in [3.8, 4) is 5.75 Å². The van der Waals surface area contributed by atoms with E-state index in [0.29, 0.717) is 30.1 Å². The van der Waals surface area contributed by atoms with Crippen molar-refractivity contribution in [1.29, 1.82) is 0 Å². The number of likely N-dealkylation sites (N-methyl/N-ethyl adjacent to an activating group) is 1. The molecular formula is C24H31N3O3S. The van der Waals surface area contributed by atoms with Crippen molar-refractivity contribution in [3.63, 3.8) is 0 Å². The molecular weight excluding hydrogens is 410 g/mol. The summed E-state index contributed by atoms with van der Waals surface area (Å²) < 4.78 is 5.45. The van der Waals surface area contributed by atoms with Gasteiger partial charge in [-0.3, -0.25) is 9.59 Å². The molecule has 0 unspecified atom stereocenters. The summed E-state index contributed by atoms with van der Waals surface area (Å²) in [5.74, 6) is 0.405. The van der Waals surface area contributed by atoms with Crippen LogP contribution in [0.15, 0.2) is 24.3 Å². The van der Waals surface area contributed by atoms with Gasteiger partial charge < -0.3 is 19.9 Å². The summed E-state index contributed by atoms with van der Waals surface area (Å²) in [5.41, 5.74) is 2.42. The van der Waals surface area contributed by atoms with Gasteiger partial charge in [-0.15, -0.1) is 11.3 Å². The number of nitrogens with one attached hydrogen (secondary N) is 1. The first kappa shape index (κ1) is 21.8. The molecule has 2 heterocycles. The molecule has 0 radical (unpaired) electrons. The minimum atomic E-state index is -0.140. The van der Waals surface area contributed by atoms with Crippen LogP contribution in [0.5, 0.6) is 5.75 Å². The first-order valence-electron chi connectivity index (χ1n) is 11.1. The van der Waals surface area contributed by atoms with Gasteiger partial charge in [0, 0.05) is 36.6 Å². The molecule has 4 rings (SSSR count). The number of amides is 2. The minimum Gasteiger partial charge on any atom is -0.495 e. The number of piperazine rings is 1. The number of aryl methyl sites for hydroxylation is 2. The summed E-state index contributed by atoms with van der Waals surface area (Å²) in [6.07, 6.45) is 7.03. The van der Waals surface area contributed by atoms with Crippen LogP contribution in [0.3, 0.4) is 0 Å². The quantitative estimate of drug-likeness (QED) is 0.777. The van der Waals surface area contributed by atoms with E-state index >= 15 is 0 Å². The standard InChI is InChI=1S/C24H31N3O3S/c1-26-11-13-27(14-12-26)24(29)18-9-10-20(30-2)19(15-18)25-23(28)22-16-17-7-5-3-4-6-8-21(17)31-22/h9-10,15-16H,3-8,11-14H2,1-2H3,(H,25,28). The zero-order valence-electron chi connectivity index (χ0n) is 18.4. The lowest BCUT2D eigenvalue weighted by molar-refractivity contribution is 0.0664. The maximum atomic E-state index is 13.0. The predicted molar refractivity (Wildman–Crippen MR) is 125 cm³/mol. The van der Waals surface area contributed by atoms with Crippen LogP contribution in [0, 0.1) is 0 Å². The number of benzene rings is 1. The molecule has 1 aromatic heterocycles. The van der Waals surface area contributed by atoms with Gasteiger partial charge in [0.1, 0.15) is 5.75 Å².